The molecule has 6 nitrogen and oxygen atoms in total. The van der Waals surface area contributed by atoms with E-state index in [0.717, 1.165) is 16.7 Å². The van der Waals surface area contributed by atoms with E-state index in [2.05, 4.69) is 21.6 Å². The Hall–Kier alpha value is -3.82. The molecule has 0 spiro atoms. The first kappa shape index (κ1) is 19.9. The normalized spacial score (nSPS) is 9.93. The standard InChI is InChI=1S/C23H20N2O4/c1-16-4-6-17(7-5-16)8-9-18-10-12-19(13-11-18)21-14-20(15-24-22(21)28-2)25(27)23(26)29-3/h4-7,10-15,27H,1-3H3. The molecule has 0 aliphatic carbocycles. The molecule has 0 saturated heterocycles. The molecule has 1 N–H and O–H groups in total. The van der Waals surface area contributed by atoms with Gasteiger partial charge in [-0.1, -0.05) is 41.7 Å². The molecule has 0 radical (unpaired) electrons. The van der Waals surface area contributed by atoms with Crippen LogP contribution in [0.1, 0.15) is 16.7 Å². The number of carbonyl (C=O) groups excluding carboxylic acids is 1. The lowest BCUT2D eigenvalue weighted by Crippen LogP contribution is -2.26. The third-order valence-corrected chi connectivity index (χ3v) is 4.22. The van der Waals surface area contributed by atoms with Crippen LogP contribution < -0.4 is 9.80 Å². The monoisotopic (exact) mass is 388 g/mol. The maximum atomic E-state index is 11.5. The van der Waals surface area contributed by atoms with Crippen molar-refractivity contribution in [2.75, 3.05) is 19.3 Å². The second-order valence-electron chi connectivity index (χ2n) is 6.23. The van der Waals surface area contributed by atoms with Gasteiger partial charge in [0.15, 0.2) is 0 Å². The van der Waals surface area contributed by atoms with Crippen LogP contribution in [0.5, 0.6) is 5.88 Å². The summed E-state index contributed by atoms with van der Waals surface area (Å²) in [5, 5.41) is 10.3. The number of hydroxylamine groups is 1. The Bertz CT molecular complexity index is 1060. The molecule has 2 aromatic carbocycles. The number of pyridine rings is 1. The number of nitrogens with zero attached hydrogens (tertiary/aromatic N) is 2. The number of aryl methyl sites for hydroxylation is 1. The Morgan fingerprint density at radius 2 is 1.59 bits per heavy atom. The van der Waals surface area contributed by atoms with Gasteiger partial charge in [-0.15, -0.1) is 0 Å². The van der Waals surface area contributed by atoms with E-state index < -0.39 is 6.09 Å². The van der Waals surface area contributed by atoms with E-state index in [0.29, 0.717) is 16.5 Å². The van der Waals surface area contributed by atoms with Crippen molar-refractivity contribution >= 4 is 11.8 Å². The first-order chi connectivity index (χ1) is 14.0. The van der Waals surface area contributed by atoms with E-state index in [1.54, 1.807) is 6.07 Å². The Morgan fingerprint density at radius 3 is 2.14 bits per heavy atom. The molecule has 0 aliphatic rings. The van der Waals surface area contributed by atoms with E-state index in [-0.39, 0.29) is 5.69 Å². The Balaban J connectivity index is 1.89. The zero-order valence-corrected chi connectivity index (χ0v) is 16.3. The first-order valence-corrected chi connectivity index (χ1v) is 8.82. The molecule has 146 valence electrons. The van der Waals surface area contributed by atoms with Gasteiger partial charge >= 0.3 is 6.09 Å². The zero-order chi connectivity index (χ0) is 20.8. The molecule has 1 aromatic heterocycles. The molecule has 0 aliphatic heterocycles. The predicted octanol–water partition coefficient (Wildman–Crippen LogP) is 4.43. The van der Waals surface area contributed by atoms with Gasteiger partial charge in [0, 0.05) is 16.7 Å². The molecule has 0 bridgehead atoms. The molecule has 0 saturated carbocycles. The molecule has 1 amide bonds. The SMILES string of the molecule is COC(=O)N(O)c1cnc(OC)c(-c2ccc(C#Cc3ccc(C)cc3)cc2)c1. The number of benzene rings is 2. The van der Waals surface area contributed by atoms with Crippen LogP contribution in [0.3, 0.4) is 0 Å². The molecule has 29 heavy (non-hydrogen) atoms. The average Bonchev–Trinajstić information content (AvgIpc) is 2.77. The van der Waals surface area contributed by atoms with E-state index in [4.69, 9.17) is 4.74 Å². The van der Waals surface area contributed by atoms with Gasteiger partial charge in [-0.2, -0.15) is 5.06 Å². The summed E-state index contributed by atoms with van der Waals surface area (Å²) in [6, 6.07) is 17.2. The molecular weight excluding hydrogens is 368 g/mol. The number of carbonyl (C=O) groups is 1. The van der Waals surface area contributed by atoms with E-state index in [9.17, 15) is 10.0 Å². The number of amides is 1. The fraction of sp³-hybridized carbons (Fsp3) is 0.130. The smallest absolute Gasteiger partial charge is 0.438 e. The van der Waals surface area contributed by atoms with Crippen LogP contribution >= 0.6 is 0 Å². The molecule has 0 fully saturated rings. The summed E-state index contributed by atoms with van der Waals surface area (Å²) in [6.45, 7) is 2.04. The van der Waals surface area contributed by atoms with Crippen molar-refractivity contribution in [3.05, 3.63) is 77.5 Å². The third-order valence-electron chi connectivity index (χ3n) is 4.22. The van der Waals surface area contributed by atoms with Gasteiger partial charge in [-0.3, -0.25) is 5.21 Å². The minimum atomic E-state index is -0.912. The van der Waals surface area contributed by atoms with Crippen molar-refractivity contribution in [1.29, 1.82) is 0 Å². The Labute approximate surface area is 169 Å². The van der Waals surface area contributed by atoms with Crippen LogP contribution in [0.4, 0.5) is 10.5 Å². The summed E-state index contributed by atoms with van der Waals surface area (Å²) in [6.07, 6.45) is 0.408. The minimum Gasteiger partial charge on any atom is -0.481 e. The van der Waals surface area contributed by atoms with Crippen LogP contribution in [0.2, 0.25) is 0 Å². The van der Waals surface area contributed by atoms with Gasteiger partial charge in [-0.25, -0.2) is 9.78 Å². The lowest BCUT2D eigenvalue weighted by atomic mass is 10.0. The summed E-state index contributed by atoms with van der Waals surface area (Å²) < 4.78 is 9.83. The highest BCUT2D eigenvalue weighted by Crippen LogP contribution is 2.31. The molecule has 3 aromatic rings. The fourth-order valence-corrected chi connectivity index (χ4v) is 2.63. The van der Waals surface area contributed by atoms with Gasteiger partial charge in [0.05, 0.1) is 26.1 Å². The van der Waals surface area contributed by atoms with Gasteiger partial charge in [-0.05, 0) is 42.8 Å². The predicted molar refractivity (Wildman–Crippen MR) is 110 cm³/mol. The van der Waals surface area contributed by atoms with E-state index >= 15 is 0 Å². The number of ether oxygens (including phenoxy) is 2. The van der Waals surface area contributed by atoms with Crippen molar-refractivity contribution < 1.29 is 19.5 Å². The number of methoxy groups -OCH3 is 2. The van der Waals surface area contributed by atoms with Crippen molar-refractivity contribution in [3.63, 3.8) is 0 Å². The summed E-state index contributed by atoms with van der Waals surface area (Å²) >= 11 is 0. The highest BCUT2D eigenvalue weighted by Gasteiger charge is 2.17. The quantitative estimate of drug-likeness (QED) is 0.408. The minimum absolute atomic E-state index is 0.163. The van der Waals surface area contributed by atoms with Gasteiger partial charge in [0.25, 0.3) is 0 Å². The maximum absolute atomic E-state index is 11.5. The largest absolute Gasteiger partial charge is 0.481 e. The number of anilines is 1. The summed E-state index contributed by atoms with van der Waals surface area (Å²) in [7, 11) is 2.68. The molecular formula is C23H20N2O4. The number of hydrogen-bond donors (Lipinski definition) is 1. The topological polar surface area (TPSA) is 71.9 Å². The van der Waals surface area contributed by atoms with Crippen molar-refractivity contribution in [3.8, 4) is 28.8 Å². The van der Waals surface area contributed by atoms with Crippen LogP contribution in [0.25, 0.3) is 11.1 Å². The maximum Gasteiger partial charge on any atom is 0.438 e. The number of aromatic nitrogens is 1. The van der Waals surface area contributed by atoms with Crippen LogP contribution in [0, 0.1) is 18.8 Å². The highest BCUT2D eigenvalue weighted by molar-refractivity contribution is 5.86. The lowest BCUT2D eigenvalue weighted by Gasteiger charge is -2.15. The Morgan fingerprint density at radius 1 is 1.00 bits per heavy atom. The molecule has 6 heteroatoms. The average molecular weight is 388 g/mol. The first-order valence-electron chi connectivity index (χ1n) is 8.82. The van der Waals surface area contributed by atoms with Crippen molar-refractivity contribution in [2.45, 2.75) is 6.92 Å². The second-order valence-corrected chi connectivity index (χ2v) is 6.23. The van der Waals surface area contributed by atoms with Gasteiger partial charge in [0.2, 0.25) is 5.88 Å². The molecule has 0 atom stereocenters. The Kier molecular flexibility index (Phi) is 6.12. The molecule has 1 heterocycles. The van der Waals surface area contributed by atoms with Crippen molar-refractivity contribution in [2.24, 2.45) is 0 Å². The molecule has 3 rings (SSSR count). The van der Waals surface area contributed by atoms with Gasteiger partial charge < -0.3 is 9.47 Å². The summed E-state index contributed by atoms with van der Waals surface area (Å²) in [5.74, 6) is 6.63. The third kappa shape index (κ3) is 4.72. The fourth-order valence-electron chi connectivity index (χ4n) is 2.63. The van der Waals surface area contributed by atoms with Crippen molar-refractivity contribution in [1.82, 2.24) is 4.98 Å². The van der Waals surface area contributed by atoms with E-state index in [1.807, 2.05) is 55.5 Å². The number of hydrogen-bond acceptors (Lipinski definition) is 5. The van der Waals surface area contributed by atoms with E-state index in [1.165, 1.54) is 26.0 Å². The lowest BCUT2D eigenvalue weighted by molar-refractivity contribution is 0.141. The van der Waals surface area contributed by atoms with Gasteiger partial charge in [0.1, 0.15) is 0 Å². The van der Waals surface area contributed by atoms with Crippen LogP contribution in [-0.2, 0) is 4.74 Å². The molecule has 0 unspecified atom stereocenters. The second kappa shape index (κ2) is 8.91. The summed E-state index contributed by atoms with van der Waals surface area (Å²) in [4.78, 5) is 15.7. The van der Waals surface area contributed by atoms with Crippen LogP contribution in [0.15, 0.2) is 60.8 Å². The summed E-state index contributed by atoms with van der Waals surface area (Å²) in [5.41, 5.74) is 4.58. The zero-order valence-electron chi connectivity index (χ0n) is 16.3. The number of rotatable bonds is 3. The highest BCUT2D eigenvalue weighted by atomic mass is 16.6. The van der Waals surface area contributed by atoms with Crippen LogP contribution in [-0.4, -0.2) is 30.5 Å².